The molecule has 0 bridgehead atoms. The first-order valence-electron chi connectivity index (χ1n) is 5.08. The third kappa shape index (κ3) is 8.01. The van der Waals surface area contributed by atoms with E-state index in [2.05, 4.69) is 10.6 Å². The Morgan fingerprint density at radius 2 is 1.94 bits per heavy atom. The van der Waals surface area contributed by atoms with Gasteiger partial charge < -0.3 is 25.6 Å². The van der Waals surface area contributed by atoms with Crippen LogP contribution >= 0.6 is 0 Å². The van der Waals surface area contributed by atoms with Gasteiger partial charge in [0, 0.05) is 26.1 Å². The zero-order valence-corrected chi connectivity index (χ0v) is 9.23. The van der Waals surface area contributed by atoms with Gasteiger partial charge in [-0.3, -0.25) is 0 Å². The van der Waals surface area contributed by atoms with Crippen LogP contribution in [0.2, 0.25) is 0 Å². The zero-order chi connectivity index (χ0) is 12.4. The molecular formula is C9H18N2O5. The second-order valence-electron chi connectivity index (χ2n) is 3.02. The van der Waals surface area contributed by atoms with Crippen molar-refractivity contribution in [1.29, 1.82) is 0 Å². The number of ether oxygens (including phenoxy) is 1. The molecule has 16 heavy (non-hydrogen) atoms. The van der Waals surface area contributed by atoms with E-state index in [0.29, 0.717) is 19.8 Å². The number of carboxylic acids is 1. The number of amides is 2. The maximum Gasteiger partial charge on any atom is 0.332 e. The number of aliphatic hydroxyl groups excluding tert-OH is 1. The van der Waals surface area contributed by atoms with Gasteiger partial charge in [-0.25, -0.2) is 9.59 Å². The molecule has 0 unspecified atom stereocenters. The molecular weight excluding hydrogens is 216 g/mol. The lowest BCUT2D eigenvalue weighted by atomic mass is 10.2. The molecule has 7 heteroatoms. The van der Waals surface area contributed by atoms with Crippen LogP contribution in [-0.2, 0) is 9.53 Å². The van der Waals surface area contributed by atoms with E-state index in [1.54, 1.807) is 0 Å². The highest BCUT2D eigenvalue weighted by molar-refractivity contribution is 5.74. The number of nitrogens with one attached hydrogen (secondary N) is 2. The Morgan fingerprint density at radius 1 is 1.31 bits per heavy atom. The van der Waals surface area contributed by atoms with Gasteiger partial charge >= 0.3 is 12.0 Å². The largest absolute Gasteiger partial charge is 0.479 e. The highest BCUT2D eigenvalue weighted by atomic mass is 16.5. The summed E-state index contributed by atoms with van der Waals surface area (Å²) in [6, 6.07) is -0.405. The fourth-order valence-corrected chi connectivity index (χ4v) is 0.889. The number of rotatable bonds is 8. The quantitative estimate of drug-likeness (QED) is 0.409. The predicted molar refractivity (Wildman–Crippen MR) is 56.2 cm³/mol. The molecule has 0 aliphatic rings. The summed E-state index contributed by atoms with van der Waals surface area (Å²) in [5, 5.41) is 22.2. The summed E-state index contributed by atoms with van der Waals surface area (Å²) in [4.78, 5) is 21.3. The minimum absolute atomic E-state index is 0.0196. The predicted octanol–water partition coefficient (Wildman–Crippen LogP) is -0.842. The zero-order valence-electron chi connectivity index (χ0n) is 9.23. The average molecular weight is 234 g/mol. The molecule has 0 aromatic carbocycles. The molecule has 0 heterocycles. The molecule has 94 valence electrons. The fraction of sp³-hybridized carbons (Fsp3) is 0.778. The molecule has 4 N–H and O–H groups in total. The third-order valence-electron chi connectivity index (χ3n) is 1.72. The van der Waals surface area contributed by atoms with Crippen LogP contribution in [0, 0.1) is 0 Å². The van der Waals surface area contributed by atoms with Gasteiger partial charge in [-0.2, -0.15) is 0 Å². The lowest BCUT2D eigenvalue weighted by Gasteiger charge is -2.08. The second kappa shape index (κ2) is 8.93. The maximum atomic E-state index is 11.1. The van der Waals surface area contributed by atoms with E-state index in [1.807, 2.05) is 6.92 Å². The Bertz CT molecular complexity index is 222. The minimum Gasteiger partial charge on any atom is -0.479 e. The number of carbonyl (C=O) groups is 2. The van der Waals surface area contributed by atoms with Crippen LogP contribution in [-0.4, -0.2) is 54.6 Å². The molecule has 0 spiro atoms. The Balaban J connectivity index is 3.40. The maximum absolute atomic E-state index is 11.1. The van der Waals surface area contributed by atoms with Crippen molar-refractivity contribution in [3.8, 4) is 0 Å². The standard InChI is InChI=1S/C9H18N2O5/c1-2-16-6-5-11-9(15)10-4-3-7(12)8(13)14/h7,12H,2-6H2,1H3,(H,13,14)(H2,10,11,15)/t7-/m0/s1. The molecule has 0 aliphatic carbocycles. The van der Waals surface area contributed by atoms with Gasteiger partial charge in [0.2, 0.25) is 0 Å². The molecule has 0 saturated heterocycles. The average Bonchev–Trinajstić information content (AvgIpc) is 2.24. The summed E-state index contributed by atoms with van der Waals surface area (Å²) in [6.45, 7) is 3.37. The molecule has 0 fully saturated rings. The van der Waals surface area contributed by atoms with E-state index in [1.165, 1.54) is 0 Å². The molecule has 0 aliphatic heterocycles. The van der Waals surface area contributed by atoms with Crippen LogP contribution in [0.5, 0.6) is 0 Å². The van der Waals surface area contributed by atoms with E-state index >= 15 is 0 Å². The van der Waals surface area contributed by atoms with E-state index in [0.717, 1.165) is 0 Å². The van der Waals surface area contributed by atoms with Gasteiger partial charge in [-0.1, -0.05) is 0 Å². The first-order chi connectivity index (χ1) is 7.57. The van der Waals surface area contributed by atoms with E-state index in [4.69, 9.17) is 14.9 Å². The molecule has 0 rings (SSSR count). The molecule has 2 amide bonds. The van der Waals surface area contributed by atoms with Crippen LogP contribution in [0.3, 0.4) is 0 Å². The number of carbonyl (C=O) groups excluding carboxylic acids is 1. The summed E-state index contributed by atoms with van der Waals surface area (Å²) >= 11 is 0. The van der Waals surface area contributed by atoms with Crippen molar-refractivity contribution in [3.63, 3.8) is 0 Å². The number of carboxylic acid groups (broad SMARTS) is 1. The number of urea groups is 1. The van der Waals surface area contributed by atoms with Gasteiger partial charge in [-0.15, -0.1) is 0 Å². The van der Waals surface area contributed by atoms with Crippen LogP contribution in [0.4, 0.5) is 4.79 Å². The highest BCUT2D eigenvalue weighted by Gasteiger charge is 2.12. The van der Waals surface area contributed by atoms with Gasteiger partial charge in [0.05, 0.1) is 6.61 Å². The number of hydrogen-bond donors (Lipinski definition) is 4. The molecule has 0 aromatic rings. The SMILES string of the molecule is CCOCCNC(=O)NCC[C@H](O)C(=O)O. The van der Waals surface area contributed by atoms with Crippen molar-refractivity contribution >= 4 is 12.0 Å². The minimum atomic E-state index is -1.44. The van der Waals surface area contributed by atoms with Gasteiger partial charge in [0.15, 0.2) is 6.10 Å². The number of hydrogen-bond acceptors (Lipinski definition) is 4. The van der Waals surface area contributed by atoms with Gasteiger partial charge in [0.1, 0.15) is 0 Å². The fourth-order valence-electron chi connectivity index (χ4n) is 0.889. The first kappa shape index (κ1) is 14.7. The summed E-state index contributed by atoms with van der Waals surface area (Å²) < 4.78 is 5.00. The molecule has 1 atom stereocenters. The van der Waals surface area contributed by atoms with E-state index in [-0.39, 0.29) is 13.0 Å². The number of aliphatic carboxylic acids is 1. The van der Waals surface area contributed by atoms with Crippen LogP contribution in [0.15, 0.2) is 0 Å². The summed E-state index contributed by atoms with van der Waals surface area (Å²) in [5.41, 5.74) is 0. The van der Waals surface area contributed by atoms with Crippen LogP contribution < -0.4 is 10.6 Å². The third-order valence-corrected chi connectivity index (χ3v) is 1.72. The molecule has 0 radical (unpaired) electrons. The van der Waals surface area contributed by atoms with Gasteiger partial charge in [-0.05, 0) is 6.92 Å². The molecule has 0 saturated carbocycles. The highest BCUT2D eigenvalue weighted by Crippen LogP contribution is 1.88. The van der Waals surface area contributed by atoms with Crippen molar-refractivity contribution in [3.05, 3.63) is 0 Å². The number of aliphatic hydroxyl groups is 1. The Morgan fingerprint density at radius 3 is 2.50 bits per heavy atom. The Labute approximate surface area is 93.8 Å². The van der Waals surface area contributed by atoms with E-state index < -0.39 is 18.1 Å². The Hall–Kier alpha value is -1.34. The van der Waals surface area contributed by atoms with Crippen molar-refractivity contribution in [2.45, 2.75) is 19.4 Å². The van der Waals surface area contributed by atoms with Gasteiger partial charge in [0.25, 0.3) is 0 Å². The topological polar surface area (TPSA) is 108 Å². The lowest BCUT2D eigenvalue weighted by Crippen LogP contribution is -2.39. The molecule has 0 aromatic heterocycles. The van der Waals surface area contributed by atoms with Crippen LogP contribution in [0.25, 0.3) is 0 Å². The summed E-state index contributed by atoms with van der Waals surface area (Å²) in [7, 11) is 0. The van der Waals surface area contributed by atoms with E-state index in [9.17, 15) is 9.59 Å². The summed E-state index contributed by atoms with van der Waals surface area (Å²) in [6.07, 6.45) is -1.46. The normalized spacial score (nSPS) is 11.9. The van der Waals surface area contributed by atoms with Crippen LogP contribution in [0.1, 0.15) is 13.3 Å². The van der Waals surface area contributed by atoms with Crippen molar-refractivity contribution in [1.82, 2.24) is 10.6 Å². The first-order valence-corrected chi connectivity index (χ1v) is 5.08. The van der Waals surface area contributed by atoms with Crippen molar-refractivity contribution < 1.29 is 24.5 Å². The van der Waals surface area contributed by atoms with Crippen molar-refractivity contribution in [2.24, 2.45) is 0 Å². The summed E-state index contributed by atoms with van der Waals surface area (Å²) in [5.74, 6) is -1.29. The molecule has 7 nitrogen and oxygen atoms in total. The Kier molecular flexibility index (Phi) is 8.18. The lowest BCUT2D eigenvalue weighted by molar-refractivity contribution is -0.146. The smallest absolute Gasteiger partial charge is 0.332 e. The second-order valence-corrected chi connectivity index (χ2v) is 3.02. The van der Waals surface area contributed by atoms with Crippen molar-refractivity contribution in [2.75, 3.05) is 26.3 Å². The monoisotopic (exact) mass is 234 g/mol.